The van der Waals surface area contributed by atoms with Gasteiger partial charge in [-0.1, -0.05) is 38.1 Å². The quantitative estimate of drug-likeness (QED) is 0.724. The molecule has 0 spiro atoms. The first kappa shape index (κ1) is 9.27. The van der Waals surface area contributed by atoms with E-state index < -0.39 is 0 Å². The van der Waals surface area contributed by atoms with Crippen molar-refractivity contribution in [1.29, 1.82) is 0 Å². The number of aryl methyl sites for hydroxylation is 1. The molecule has 0 heterocycles. The van der Waals surface area contributed by atoms with Gasteiger partial charge >= 0.3 is 0 Å². The zero-order chi connectivity index (χ0) is 8.97. The van der Waals surface area contributed by atoms with E-state index in [-0.39, 0.29) is 6.61 Å². The van der Waals surface area contributed by atoms with Crippen LogP contribution in [0.2, 0.25) is 0 Å². The van der Waals surface area contributed by atoms with Crippen LogP contribution in [-0.4, -0.2) is 11.7 Å². The molecule has 0 aliphatic rings. The van der Waals surface area contributed by atoms with E-state index in [0.717, 1.165) is 17.9 Å². The molecule has 1 radical (unpaired) electrons. The molecular weight excluding hydrogens is 148 g/mol. The van der Waals surface area contributed by atoms with Gasteiger partial charge in [0, 0.05) is 5.92 Å². The Morgan fingerprint density at radius 1 is 1.42 bits per heavy atom. The second-order valence-corrected chi connectivity index (χ2v) is 2.99. The van der Waals surface area contributed by atoms with Crippen molar-refractivity contribution in [3.63, 3.8) is 0 Å². The summed E-state index contributed by atoms with van der Waals surface area (Å²) in [5.74, 6) is 1.03. The van der Waals surface area contributed by atoms with Crippen molar-refractivity contribution in [3.8, 4) is 0 Å². The van der Waals surface area contributed by atoms with Crippen LogP contribution < -0.4 is 0 Å². The molecule has 1 aromatic rings. The molecule has 1 rings (SSSR count). The van der Waals surface area contributed by atoms with Crippen molar-refractivity contribution in [1.82, 2.24) is 0 Å². The molecule has 0 atom stereocenters. The predicted octanol–water partition coefficient (Wildman–Crippen LogP) is 2.18. The summed E-state index contributed by atoms with van der Waals surface area (Å²) in [5.41, 5.74) is 2.47. The minimum atomic E-state index is 0.146. The molecule has 0 saturated heterocycles. The van der Waals surface area contributed by atoms with Gasteiger partial charge in [0.25, 0.3) is 0 Å². The summed E-state index contributed by atoms with van der Waals surface area (Å²) in [5, 5.41) is 8.91. The average molecular weight is 163 g/mol. The highest BCUT2D eigenvalue weighted by atomic mass is 16.3. The summed E-state index contributed by atoms with van der Waals surface area (Å²) < 4.78 is 0. The van der Waals surface area contributed by atoms with Crippen molar-refractivity contribution in [3.05, 3.63) is 41.3 Å². The van der Waals surface area contributed by atoms with E-state index in [0.29, 0.717) is 0 Å². The third kappa shape index (κ3) is 2.08. The molecule has 0 aliphatic carbocycles. The number of rotatable bonds is 3. The molecule has 0 saturated carbocycles. The normalized spacial score (nSPS) is 10.7. The monoisotopic (exact) mass is 163 g/mol. The number of aliphatic hydroxyl groups is 1. The Bertz CT molecular complexity index is 243. The largest absolute Gasteiger partial charge is 0.395 e. The summed E-state index contributed by atoms with van der Waals surface area (Å²) in [6.45, 7) is 4.23. The maximum atomic E-state index is 8.91. The zero-order valence-electron chi connectivity index (χ0n) is 7.67. The molecule has 0 aliphatic heterocycles. The molecule has 1 N–H and O–H groups in total. The smallest absolute Gasteiger partial charge is 0.0534 e. The first-order valence-electron chi connectivity index (χ1n) is 4.30. The van der Waals surface area contributed by atoms with Crippen LogP contribution in [0.4, 0.5) is 0 Å². The molecule has 0 aromatic heterocycles. The molecular formula is C11H15O. The van der Waals surface area contributed by atoms with Gasteiger partial charge in [0.1, 0.15) is 0 Å². The minimum absolute atomic E-state index is 0.146. The fraction of sp³-hybridized carbons (Fsp3) is 0.364. The van der Waals surface area contributed by atoms with Crippen LogP contribution >= 0.6 is 0 Å². The highest BCUT2D eigenvalue weighted by molar-refractivity contribution is 5.33. The molecule has 12 heavy (non-hydrogen) atoms. The van der Waals surface area contributed by atoms with E-state index in [2.05, 4.69) is 19.1 Å². The van der Waals surface area contributed by atoms with Gasteiger partial charge in [-0.15, -0.1) is 0 Å². The average Bonchev–Trinajstić information content (AvgIpc) is 2.17. The summed E-state index contributed by atoms with van der Waals surface area (Å²) in [4.78, 5) is 0. The molecule has 0 amide bonds. The van der Waals surface area contributed by atoms with E-state index in [9.17, 15) is 0 Å². The predicted molar refractivity (Wildman–Crippen MR) is 50.9 cm³/mol. The SMILES string of the molecule is CCc1cccc([C](C)CO)c1. The van der Waals surface area contributed by atoms with Crippen LogP contribution in [0.15, 0.2) is 24.3 Å². The first-order valence-corrected chi connectivity index (χ1v) is 4.30. The fourth-order valence-corrected chi connectivity index (χ4v) is 1.15. The van der Waals surface area contributed by atoms with Crippen molar-refractivity contribution in [2.45, 2.75) is 20.3 Å². The first-order chi connectivity index (χ1) is 5.77. The Morgan fingerprint density at radius 2 is 2.17 bits per heavy atom. The molecule has 0 bridgehead atoms. The Balaban J connectivity index is 2.86. The van der Waals surface area contributed by atoms with E-state index in [1.165, 1.54) is 5.56 Å². The molecule has 0 unspecified atom stereocenters. The van der Waals surface area contributed by atoms with Crippen molar-refractivity contribution in [2.75, 3.05) is 6.61 Å². The van der Waals surface area contributed by atoms with Crippen molar-refractivity contribution < 1.29 is 5.11 Å². The summed E-state index contributed by atoms with van der Waals surface area (Å²) in [7, 11) is 0. The minimum Gasteiger partial charge on any atom is -0.395 e. The molecule has 1 nitrogen and oxygen atoms in total. The highest BCUT2D eigenvalue weighted by Gasteiger charge is 2.03. The van der Waals surface area contributed by atoms with E-state index in [1.807, 2.05) is 19.1 Å². The highest BCUT2D eigenvalue weighted by Crippen LogP contribution is 2.14. The molecule has 1 aromatic carbocycles. The van der Waals surface area contributed by atoms with Crippen molar-refractivity contribution in [2.24, 2.45) is 0 Å². The molecule has 1 heteroatoms. The van der Waals surface area contributed by atoms with Gasteiger partial charge in [-0.2, -0.15) is 0 Å². The third-order valence-electron chi connectivity index (χ3n) is 2.07. The lowest BCUT2D eigenvalue weighted by molar-refractivity contribution is 0.315. The fourth-order valence-electron chi connectivity index (χ4n) is 1.15. The zero-order valence-corrected chi connectivity index (χ0v) is 7.67. The van der Waals surface area contributed by atoms with Gasteiger partial charge in [-0.3, -0.25) is 0 Å². The van der Waals surface area contributed by atoms with Crippen LogP contribution in [0, 0.1) is 5.92 Å². The topological polar surface area (TPSA) is 20.2 Å². The van der Waals surface area contributed by atoms with Gasteiger partial charge < -0.3 is 5.11 Å². The molecule has 0 fully saturated rings. The Morgan fingerprint density at radius 3 is 2.75 bits per heavy atom. The lowest BCUT2D eigenvalue weighted by Gasteiger charge is -2.08. The lowest BCUT2D eigenvalue weighted by Crippen LogP contribution is -2.00. The molecule has 65 valence electrons. The van der Waals surface area contributed by atoms with Crippen LogP contribution in [0.5, 0.6) is 0 Å². The van der Waals surface area contributed by atoms with Crippen LogP contribution in [-0.2, 0) is 6.42 Å². The number of hydrogen-bond donors (Lipinski definition) is 1. The van der Waals surface area contributed by atoms with Crippen LogP contribution in [0.25, 0.3) is 0 Å². The second-order valence-electron chi connectivity index (χ2n) is 2.99. The Kier molecular flexibility index (Phi) is 3.30. The van der Waals surface area contributed by atoms with Crippen LogP contribution in [0.3, 0.4) is 0 Å². The Labute approximate surface area is 74.1 Å². The standard InChI is InChI=1S/C11H15O/c1-3-10-5-4-6-11(7-10)9(2)8-12/h4-7,12H,3,8H2,1-2H3. The van der Waals surface area contributed by atoms with Crippen molar-refractivity contribution >= 4 is 0 Å². The van der Waals surface area contributed by atoms with E-state index in [1.54, 1.807) is 0 Å². The maximum Gasteiger partial charge on any atom is 0.0534 e. The number of aliphatic hydroxyl groups excluding tert-OH is 1. The summed E-state index contributed by atoms with van der Waals surface area (Å²) >= 11 is 0. The summed E-state index contributed by atoms with van der Waals surface area (Å²) in [6, 6.07) is 8.30. The van der Waals surface area contributed by atoms with Gasteiger partial charge in [0.05, 0.1) is 6.61 Å². The van der Waals surface area contributed by atoms with Crippen LogP contribution in [0.1, 0.15) is 25.0 Å². The third-order valence-corrected chi connectivity index (χ3v) is 2.07. The van der Waals surface area contributed by atoms with Gasteiger partial charge in [0.2, 0.25) is 0 Å². The Hall–Kier alpha value is -0.820. The van der Waals surface area contributed by atoms with Gasteiger partial charge in [-0.05, 0) is 17.5 Å². The second kappa shape index (κ2) is 4.27. The number of hydrogen-bond acceptors (Lipinski definition) is 1. The maximum absolute atomic E-state index is 8.91. The van der Waals surface area contributed by atoms with E-state index >= 15 is 0 Å². The van der Waals surface area contributed by atoms with E-state index in [4.69, 9.17) is 5.11 Å². The van der Waals surface area contributed by atoms with Gasteiger partial charge in [-0.25, -0.2) is 0 Å². The summed E-state index contributed by atoms with van der Waals surface area (Å²) in [6.07, 6.45) is 1.05. The van der Waals surface area contributed by atoms with Gasteiger partial charge in [0.15, 0.2) is 0 Å². The lowest BCUT2D eigenvalue weighted by atomic mass is 9.99. The number of benzene rings is 1.